The molecule has 5 aliphatic rings. The number of allylic oxidation sites excluding steroid dienone is 2. The minimum absolute atomic E-state index is 0.0211. The molecule has 1 amide bonds. The molecule has 8 rings (SSSR count). The number of phenolic OH excluding ortho intramolecular Hbond substituents is 1. The molecule has 2 aliphatic heterocycles. The zero-order valence-electron chi connectivity index (χ0n) is 24.7. The maximum atomic E-state index is 14.7. The molecule has 226 valence electrons. The molecule has 2 heterocycles. The van der Waals surface area contributed by atoms with E-state index in [1.807, 2.05) is 55.5 Å². The first-order valence-electron chi connectivity index (χ1n) is 15.1. The molecule has 3 aromatic carbocycles. The number of ketones is 1. The number of hydrogen-bond donors (Lipinski definition) is 4. The van der Waals surface area contributed by atoms with Gasteiger partial charge in [-0.3, -0.25) is 9.59 Å². The number of anilines is 1. The molecule has 0 aromatic heterocycles. The molecule has 6 atom stereocenters. The topological polar surface area (TPSA) is 133 Å². The number of carboxylic acids is 1. The van der Waals surface area contributed by atoms with Gasteiger partial charge in [-0.2, -0.15) is 0 Å². The third-order valence-corrected chi connectivity index (χ3v) is 10.8. The van der Waals surface area contributed by atoms with Crippen LogP contribution in [-0.2, 0) is 14.3 Å². The highest BCUT2D eigenvalue weighted by atomic mass is 16.5. The van der Waals surface area contributed by atoms with Crippen molar-refractivity contribution in [3.8, 4) is 22.6 Å². The van der Waals surface area contributed by atoms with Gasteiger partial charge in [-0.15, -0.1) is 0 Å². The van der Waals surface area contributed by atoms with Crippen LogP contribution in [-0.4, -0.2) is 44.7 Å². The van der Waals surface area contributed by atoms with Crippen LogP contribution in [0, 0.1) is 22.7 Å². The lowest BCUT2D eigenvalue weighted by atomic mass is 9.49. The molecule has 3 aliphatic carbocycles. The Morgan fingerprint density at radius 1 is 0.977 bits per heavy atom. The number of carbonyl (C=O) groups is 3. The van der Waals surface area contributed by atoms with Gasteiger partial charge in [0, 0.05) is 23.3 Å². The van der Waals surface area contributed by atoms with E-state index in [1.165, 1.54) is 0 Å². The van der Waals surface area contributed by atoms with Crippen LogP contribution in [0.3, 0.4) is 0 Å². The van der Waals surface area contributed by atoms with Gasteiger partial charge in [-0.05, 0) is 78.8 Å². The first kappa shape index (κ1) is 28.3. The Hall–Kier alpha value is -4.43. The SMILES string of the molecule is C[C@]12C[C@@]34C=C(c5cccc(-c6ccccc6)c5)C(=O)[C@@](C)(CCC(=O)Nc5c(O)ccc(C(=O)O)c5O)[C@@H]3[C@H](C[C@H]1C4)O2. The summed E-state index contributed by atoms with van der Waals surface area (Å²) in [6.45, 7) is 4.15. The number of phenols is 2. The van der Waals surface area contributed by atoms with E-state index in [2.05, 4.69) is 24.4 Å². The number of rotatable bonds is 7. The molecule has 44 heavy (non-hydrogen) atoms. The number of Topliss-reactive ketones (excluding diaryl/α,β-unsaturated/α-hetero) is 1. The van der Waals surface area contributed by atoms with Gasteiger partial charge in [-0.1, -0.05) is 61.5 Å². The van der Waals surface area contributed by atoms with Crippen LogP contribution in [0.2, 0.25) is 0 Å². The van der Waals surface area contributed by atoms with Crippen molar-refractivity contribution in [3.05, 3.63) is 83.9 Å². The highest BCUT2D eigenvalue weighted by Gasteiger charge is 2.72. The fourth-order valence-electron chi connectivity index (χ4n) is 8.98. The van der Waals surface area contributed by atoms with Gasteiger partial charge >= 0.3 is 5.97 Å². The molecular formula is C36H35NO7. The van der Waals surface area contributed by atoms with Crippen molar-refractivity contribution < 1.29 is 34.4 Å². The first-order chi connectivity index (χ1) is 20.9. The van der Waals surface area contributed by atoms with Crippen molar-refractivity contribution in [3.63, 3.8) is 0 Å². The zero-order chi connectivity index (χ0) is 31.0. The van der Waals surface area contributed by atoms with Crippen LogP contribution in [0.25, 0.3) is 16.7 Å². The quantitative estimate of drug-likeness (QED) is 0.232. The summed E-state index contributed by atoms with van der Waals surface area (Å²) in [6.07, 6.45) is 4.95. The second kappa shape index (κ2) is 9.79. The Kier molecular flexibility index (Phi) is 6.31. The summed E-state index contributed by atoms with van der Waals surface area (Å²) in [5.41, 5.74) is 1.44. The van der Waals surface area contributed by atoms with Crippen LogP contribution in [0.4, 0.5) is 5.69 Å². The maximum absolute atomic E-state index is 14.7. The van der Waals surface area contributed by atoms with Gasteiger partial charge in [0.15, 0.2) is 11.5 Å². The lowest BCUT2D eigenvalue weighted by molar-refractivity contribution is -0.168. The summed E-state index contributed by atoms with van der Waals surface area (Å²) < 4.78 is 6.63. The Balaban J connectivity index is 1.23. The van der Waals surface area contributed by atoms with Gasteiger partial charge in [-0.25, -0.2) is 4.79 Å². The van der Waals surface area contributed by atoms with Crippen LogP contribution < -0.4 is 5.32 Å². The van der Waals surface area contributed by atoms with Gasteiger partial charge < -0.3 is 25.4 Å². The minimum Gasteiger partial charge on any atom is -0.506 e. The Morgan fingerprint density at radius 2 is 1.70 bits per heavy atom. The van der Waals surface area contributed by atoms with E-state index < -0.39 is 34.4 Å². The number of aromatic hydroxyl groups is 2. The summed E-state index contributed by atoms with van der Waals surface area (Å²) >= 11 is 0. The van der Waals surface area contributed by atoms with Crippen molar-refractivity contribution in [2.24, 2.45) is 22.7 Å². The molecule has 4 bridgehead atoms. The summed E-state index contributed by atoms with van der Waals surface area (Å²) in [5, 5.41) is 32.5. The van der Waals surface area contributed by atoms with E-state index >= 15 is 0 Å². The third-order valence-electron chi connectivity index (χ3n) is 10.8. The largest absolute Gasteiger partial charge is 0.506 e. The van der Waals surface area contributed by atoms with E-state index in [0.29, 0.717) is 11.5 Å². The number of amides is 1. The second-order valence-electron chi connectivity index (χ2n) is 13.5. The van der Waals surface area contributed by atoms with E-state index in [0.717, 1.165) is 48.1 Å². The lowest BCUT2D eigenvalue weighted by Gasteiger charge is -2.56. The average molecular weight is 594 g/mol. The summed E-state index contributed by atoms with van der Waals surface area (Å²) in [4.78, 5) is 39.4. The fourth-order valence-corrected chi connectivity index (χ4v) is 8.98. The van der Waals surface area contributed by atoms with Gasteiger partial charge in [0.05, 0.1) is 11.7 Å². The molecule has 0 unspecified atom stereocenters. The molecule has 8 heteroatoms. The minimum atomic E-state index is -1.39. The van der Waals surface area contributed by atoms with Crippen molar-refractivity contribution in [1.29, 1.82) is 0 Å². The van der Waals surface area contributed by atoms with Crippen molar-refractivity contribution in [2.75, 3.05) is 5.32 Å². The van der Waals surface area contributed by atoms with Gasteiger partial charge in [0.1, 0.15) is 17.0 Å². The smallest absolute Gasteiger partial charge is 0.339 e. The number of ether oxygens (including phenoxy) is 1. The molecule has 2 saturated heterocycles. The Morgan fingerprint density at radius 3 is 2.43 bits per heavy atom. The standard InChI is InChI=1S/C36H35NO7/c1-34(14-13-28(39)37-29-26(38)12-11-24(30(29)40)33(42)43)31-27-16-23-17-36(31,19-35(23,2)44-27)18-25(32(34)41)22-10-6-9-21(15-22)20-7-4-3-5-8-20/h3-12,15,18,23,27,31,38,40H,13-14,16-17,19H2,1-2H3,(H,37,39)(H,42,43)/t23-,27-,31-,34-,35-,36+/m0/s1. The maximum Gasteiger partial charge on any atom is 0.339 e. The number of carboxylic acid groups (broad SMARTS) is 1. The van der Waals surface area contributed by atoms with Crippen molar-refractivity contribution >= 4 is 28.9 Å². The Bertz CT molecular complexity index is 1750. The number of benzene rings is 3. The summed E-state index contributed by atoms with van der Waals surface area (Å²) in [7, 11) is 0. The van der Waals surface area contributed by atoms with Crippen LogP contribution in [0.1, 0.15) is 61.9 Å². The highest BCUT2D eigenvalue weighted by molar-refractivity contribution is 6.24. The highest BCUT2D eigenvalue weighted by Crippen LogP contribution is 2.72. The fraction of sp³-hybridized carbons (Fsp3) is 0.361. The molecule has 4 N–H and O–H groups in total. The number of aromatic carboxylic acids is 1. The molecule has 0 radical (unpaired) electrons. The van der Waals surface area contributed by atoms with E-state index in [-0.39, 0.29) is 47.4 Å². The molecule has 3 aromatic rings. The first-order valence-corrected chi connectivity index (χ1v) is 15.1. The zero-order valence-corrected chi connectivity index (χ0v) is 24.7. The summed E-state index contributed by atoms with van der Waals surface area (Å²) in [6, 6.07) is 20.3. The van der Waals surface area contributed by atoms with Crippen LogP contribution in [0.15, 0.2) is 72.8 Å². The van der Waals surface area contributed by atoms with E-state index in [4.69, 9.17) is 4.74 Å². The van der Waals surface area contributed by atoms with E-state index in [1.54, 1.807) is 0 Å². The number of hydrogen-bond acceptors (Lipinski definition) is 6. The average Bonchev–Trinajstić information content (AvgIpc) is 3.37. The van der Waals surface area contributed by atoms with E-state index in [9.17, 15) is 29.7 Å². The normalized spacial score (nSPS) is 31.5. The van der Waals surface area contributed by atoms with Crippen LogP contribution >= 0.6 is 0 Å². The molecule has 4 fully saturated rings. The third kappa shape index (κ3) is 4.19. The Labute approximate surface area is 255 Å². The molecule has 1 spiro atoms. The monoisotopic (exact) mass is 593 g/mol. The second-order valence-corrected chi connectivity index (χ2v) is 13.5. The molecule has 8 nitrogen and oxygen atoms in total. The predicted octanol–water partition coefficient (Wildman–Crippen LogP) is 6.43. The van der Waals surface area contributed by atoms with Crippen molar-refractivity contribution in [2.45, 2.75) is 57.7 Å². The number of nitrogens with one attached hydrogen (secondary N) is 1. The van der Waals surface area contributed by atoms with Gasteiger partial charge in [0.2, 0.25) is 5.91 Å². The van der Waals surface area contributed by atoms with Crippen LogP contribution in [0.5, 0.6) is 11.5 Å². The summed E-state index contributed by atoms with van der Waals surface area (Å²) in [5.74, 6) is -2.80. The lowest BCUT2D eigenvalue weighted by Crippen LogP contribution is -2.57. The molecular weight excluding hydrogens is 558 g/mol. The molecule has 2 saturated carbocycles. The van der Waals surface area contributed by atoms with Gasteiger partial charge in [0.25, 0.3) is 0 Å². The predicted molar refractivity (Wildman–Crippen MR) is 164 cm³/mol. The number of carbonyl (C=O) groups excluding carboxylic acids is 2. The van der Waals surface area contributed by atoms with Crippen molar-refractivity contribution in [1.82, 2.24) is 0 Å².